The van der Waals surface area contributed by atoms with Gasteiger partial charge in [-0.25, -0.2) is 0 Å². The molecule has 0 amide bonds. The summed E-state index contributed by atoms with van der Waals surface area (Å²) in [5.41, 5.74) is 11.5. The lowest BCUT2D eigenvalue weighted by molar-refractivity contribution is 0.549. The maximum Gasteiger partial charge on any atom is 0.427 e. The molecule has 7 rings (SSSR count). The van der Waals surface area contributed by atoms with Crippen LogP contribution in [0.3, 0.4) is 0 Å². The highest BCUT2D eigenvalue weighted by Gasteiger charge is 2.38. The summed E-state index contributed by atoms with van der Waals surface area (Å²) in [6, 6.07) is 61.9. The van der Waals surface area contributed by atoms with Crippen molar-refractivity contribution in [3.8, 4) is 11.1 Å². The Balaban J connectivity index is 1.52. The molecule has 6 aromatic carbocycles. The molecule has 1 heterocycles. The van der Waals surface area contributed by atoms with Crippen molar-refractivity contribution in [1.82, 2.24) is 0 Å². The normalized spacial score (nSPS) is 13.2. The minimum atomic E-state index is -0.310. The summed E-state index contributed by atoms with van der Waals surface area (Å²) in [6.45, 7) is -0.310. The first-order chi connectivity index (χ1) is 20.9. The molecule has 42 heavy (non-hydrogen) atoms. The maximum atomic E-state index is 7.21. The van der Waals surface area contributed by atoms with Crippen LogP contribution in [-0.4, -0.2) is 6.92 Å². The molecule has 0 atom stereocenters. The monoisotopic (exact) mass is 536 g/mol. The van der Waals surface area contributed by atoms with Gasteiger partial charge in [-0.1, -0.05) is 176 Å². The Bertz CT molecular complexity index is 1840. The van der Waals surface area contributed by atoms with Crippen LogP contribution < -0.4 is 5.46 Å². The van der Waals surface area contributed by atoms with Crippen LogP contribution in [0.5, 0.6) is 0 Å². The van der Waals surface area contributed by atoms with E-state index in [0.29, 0.717) is 0 Å². The van der Waals surface area contributed by atoms with E-state index < -0.39 is 0 Å². The van der Waals surface area contributed by atoms with E-state index in [2.05, 4.69) is 176 Å². The highest BCUT2D eigenvalue weighted by atomic mass is 16.4. The van der Waals surface area contributed by atoms with Crippen LogP contribution in [0, 0.1) is 0 Å². The topological polar surface area (TPSA) is 9.23 Å². The van der Waals surface area contributed by atoms with Crippen LogP contribution in [0.2, 0.25) is 0 Å². The molecule has 2 heteroatoms. The van der Waals surface area contributed by atoms with E-state index in [9.17, 15) is 0 Å². The lowest BCUT2D eigenvalue weighted by Crippen LogP contribution is -2.38. The minimum absolute atomic E-state index is 0.310. The molecule has 1 aliphatic rings. The Kier molecular flexibility index (Phi) is 7.10. The first-order valence-corrected chi connectivity index (χ1v) is 14.4. The Hall–Kier alpha value is -5.34. The van der Waals surface area contributed by atoms with Crippen molar-refractivity contribution < 1.29 is 4.65 Å². The Morgan fingerprint density at radius 2 is 0.690 bits per heavy atom. The van der Waals surface area contributed by atoms with E-state index in [1.165, 1.54) is 16.7 Å². The largest absolute Gasteiger partial charge is 0.550 e. The summed E-state index contributed by atoms with van der Waals surface area (Å²) < 4.78 is 7.21. The van der Waals surface area contributed by atoms with E-state index in [1.54, 1.807) is 0 Å². The molecule has 0 saturated heterocycles. The number of hydrogen-bond acceptors (Lipinski definition) is 1. The van der Waals surface area contributed by atoms with Crippen molar-refractivity contribution in [3.63, 3.8) is 0 Å². The average molecular weight is 536 g/mol. The van der Waals surface area contributed by atoms with E-state index in [1.807, 2.05) is 0 Å². The van der Waals surface area contributed by atoms with Gasteiger partial charge in [0.2, 0.25) is 0 Å². The van der Waals surface area contributed by atoms with Crippen molar-refractivity contribution in [3.05, 3.63) is 198 Å². The molecule has 0 radical (unpaired) electrons. The number of allylic oxidation sites excluding steroid dienone is 2. The van der Waals surface area contributed by atoms with Crippen molar-refractivity contribution >= 4 is 34.8 Å². The number of rotatable bonds is 6. The quantitative estimate of drug-likeness (QED) is 0.193. The van der Waals surface area contributed by atoms with Gasteiger partial charge in [0, 0.05) is 11.1 Å². The molecule has 0 unspecified atom stereocenters. The molecule has 6 aromatic rings. The van der Waals surface area contributed by atoms with E-state index >= 15 is 0 Å². The van der Waals surface area contributed by atoms with Crippen LogP contribution in [-0.2, 0) is 4.65 Å². The summed E-state index contributed by atoms with van der Waals surface area (Å²) in [5.74, 6) is 0.887. The second-order valence-corrected chi connectivity index (χ2v) is 10.4. The van der Waals surface area contributed by atoms with Crippen molar-refractivity contribution in [2.75, 3.05) is 0 Å². The molecule has 0 bridgehead atoms. The summed E-state index contributed by atoms with van der Waals surface area (Å²) in [5, 5.41) is 0. The van der Waals surface area contributed by atoms with Gasteiger partial charge < -0.3 is 4.65 Å². The van der Waals surface area contributed by atoms with Crippen molar-refractivity contribution in [2.24, 2.45) is 0 Å². The average Bonchev–Trinajstić information content (AvgIpc) is 3.09. The zero-order chi connectivity index (χ0) is 28.1. The van der Waals surface area contributed by atoms with Gasteiger partial charge in [-0.2, -0.15) is 0 Å². The van der Waals surface area contributed by atoms with Gasteiger partial charge in [0.25, 0.3) is 0 Å². The molecular formula is C40H29BO. The van der Waals surface area contributed by atoms with Gasteiger partial charge in [0.1, 0.15) is 5.76 Å². The molecule has 0 N–H and O–H groups in total. The minimum Gasteiger partial charge on any atom is -0.550 e. The second-order valence-electron chi connectivity index (χ2n) is 10.4. The fourth-order valence-electron chi connectivity index (χ4n) is 5.83. The highest BCUT2D eigenvalue weighted by Crippen LogP contribution is 2.47. The van der Waals surface area contributed by atoms with Gasteiger partial charge in [-0.3, -0.25) is 0 Å². The van der Waals surface area contributed by atoms with Crippen LogP contribution in [0.15, 0.2) is 176 Å². The molecular weight excluding hydrogens is 507 g/mol. The summed E-state index contributed by atoms with van der Waals surface area (Å²) in [7, 11) is 0. The van der Waals surface area contributed by atoms with Crippen LogP contribution in [0.25, 0.3) is 33.5 Å². The Labute approximate surface area is 248 Å². The lowest BCUT2D eigenvalue weighted by atomic mass is 9.49. The molecule has 0 saturated carbocycles. The molecule has 1 aliphatic heterocycles. The third kappa shape index (κ3) is 5.00. The van der Waals surface area contributed by atoms with Gasteiger partial charge in [0.15, 0.2) is 0 Å². The smallest absolute Gasteiger partial charge is 0.427 e. The lowest BCUT2D eigenvalue weighted by Gasteiger charge is -2.33. The second kappa shape index (κ2) is 11.6. The number of benzene rings is 6. The van der Waals surface area contributed by atoms with Crippen LogP contribution >= 0.6 is 0 Å². The predicted molar refractivity (Wildman–Crippen MR) is 178 cm³/mol. The molecule has 0 aromatic heterocycles. The molecule has 0 spiro atoms. The predicted octanol–water partition coefficient (Wildman–Crippen LogP) is 9.30. The Morgan fingerprint density at radius 1 is 0.310 bits per heavy atom. The standard InChI is InChI=1S/C40H29BO/c1-6-16-30(17-7-1)31-26-28-36(29-27-31)41-39(34-22-12-4-13-23-34)37(32-18-8-2-9-19-32)38(33-20-10-3-11-21-33)40(42-41)35-24-14-5-15-25-35/h1-29H. The SMILES string of the molecule is c1ccc(C2=C(c3ccccc3)C(c3ccccc3)=C(c3ccccc3)B(c3ccc(-c4ccccc4)cc3)O2)cc1. The Morgan fingerprint density at radius 3 is 1.19 bits per heavy atom. The highest BCUT2D eigenvalue weighted by molar-refractivity contribution is 6.88. The fourth-order valence-corrected chi connectivity index (χ4v) is 5.83. The first kappa shape index (κ1) is 25.6. The summed E-state index contributed by atoms with van der Waals surface area (Å²) in [4.78, 5) is 0. The number of hydrogen-bond donors (Lipinski definition) is 0. The van der Waals surface area contributed by atoms with Crippen molar-refractivity contribution in [2.45, 2.75) is 0 Å². The zero-order valence-corrected chi connectivity index (χ0v) is 23.2. The van der Waals surface area contributed by atoms with Gasteiger partial charge in [-0.05, 0) is 44.3 Å². The zero-order valence-electron chi connectivity index (χ0n) is 23.2. The summed E-state index contributed by atoms with van der Waals surface area (Å²) in [6.07, 6.45) is 0. The van der Waals surface area contributed by atoms with Crippen LogP contribution in [0.4, 0.5) is 0 Å². The summed E-state index contributed by atoms with van der Waals surface area (Å²) >= 11 is 0. The van der Waals surface area contributed by atoms with Gasteiger partial charge in [0.05, 0.1) is 0 Å². The molecule has 0 aliphatic carbocycles. The third-order valence-electron chi connectivity index (χ3n) is 7.81. The van der Waals surface area contributed by atoms with Crippen molar-refractivity contribution in [1.29, 1.82) is 0 Å². The molecule has 1 nitrogen and oxygen atoms in total. The van der Waals surface area contributed by atoms with Crippen LogP contribution in [0.1, 0.15) is 22.3 Å². The molecule has 0 fully saturated rings. The van der Waals surface area contributed by atoms with E-state index in [0.717, 1.165) is 44.5 Å². The molecule has 198 valence electrons. The first-order valence-electron chi connectivity index (χ1n) is 14.4. The maximum absolute atomic E-state index is 7.21. The van der Waals surface area contributed by atoms with Gasteiger partial charge >= 0.3 is 6.92 Å². The van der Waals surface area contributed by atoms with Gasteiger partial charge in [-0.15, -0.1) is 0 Å². The third-order valence-corrected chi connectivity index (χ3v) is 7.81. The fraction of sp³-hybridized carbons (Fsp3) is 0. The van der Waals surface area contributed by atoms with E-state index in [-0.39, 0.29) is 6.92 Å². The van der Waals surface area contributed by atoms with E-state index in [4.69, 9.17) is 4.65 Å².